The Bertz CT molecular complexity index is 485. The lowest BCUT2D eigenvalue weighted by Crippen LogP contribution is -2.47. The van der Waals surface area contributed by atoms with Crippen molar-refractivity contribution in [1.29, 1.82) is 0 Å². The van der Waals surface area contributed by atoms with Crippen molar-refractivity contribution in [3.8, 4) is 5.75 Å². The van der Waals surface area contributed by atoms with Gasteiger partial charge in [0.05, 0.1) is 5.56 Å². The number of nitrogens with one attached hydrogen (secondary N) is 1. The molecule has 1 aliphatic rings. The Balaban J connectivity index is 2.12. The van der Waals surface area contributed by atoms with Crippen LogP contribution in [0.1, 0.15) is 49.9 Å². The molecular formula is C15H20FNO2. The van der Waals surface area contributed by atoms with Crippen LogP contribution in [-0.2, 0) is 0 Å². The minimum atomic E-state index is -0.689. The minimum Gasteiger partial charge on any atom is -0.508 e. The van der Waals surface area contributed by atoms with E-state index in [1.165, 1.54) is 18.6 Å². The summed E-state index contributed by atoms with van der Waals surface area (Å²) in [7, 11) is 0. The molecule has 0 aliphatic heterocycles. The first-order chi connectivity index (χ1) is 8.90. The average Bonchev–Trinajstić information content (AvgIpc) is 2.31. The molecule has 1 saturated carbocycles. The third-order valence-electron chi connectivity index (χ3n) is 4.01. The van der Waals surface area contributed by atoms with Gasteiger partial charge < -0.3 is 10.4 Å². The van der Waals surface area contributed by atoms with Gasteiger partial charge in [0.1, 0.15) is 11.6 Å². The summed E-state index contributed by atoms with van der Waals surface area (Å²) in [5.74, 6) is -1.27. The predicted octanol–water partition coefficient (Wildman–Crippen LogP) is 3.23. The van der Waals surface area contributed by atoms with Crippen molar-refractivity contribution in [2.45, 2.75) is 45.6 Å². The Morgan fingerprint density at radius 2 is 2.16 bits per heavy atom. The Morgan fingerprint density at radius 1 is 1.42 bits per heavy atom. The molecule has 1 unspecified atom stereocenters. The maximum absolute atomic E-state index is 13.6. The van der Waals surface area contributed by atoms with Crippen LogP contribution in [0.4, 0.5) is 4.39 Å². The lowest BCUT2D eigenvalue weighted by atomic mass is 9.73. The highest BCUT2D eigenvalue weighted by Crippen LogP contribution is 2.35. The summed E-state index contributed by atoms with van der Waals surface area (Å²) in [6.07, 6.45) is 4.26. The van der Waals surface area contributed by atoms with Gasteiger partial charge in [-0.05, 0) is 30.4 Å². The van der Waals surface area contributed by atoms with Crippen molar-refractivity contribution in [2.75, 3.05) is 0 Å². The molecule has 2 N–H and O–H groups in total. The number of carbonyl (C=O) groups is 1. The first-order valence-electron chi connectivity index (χ1n) is 6.69. The lowest BCUT2D eigenvalue weighted by Gasteiger charge is -2.39. The van der Waals surface area contributed by atoms with Crippen molar-refractivity contribution in [3.63, 3.8) is 0 Å². The highest BCUT2D eigenvalue weighted by molar-refractivity contribution is 5.94. The van der Waals surface area contributed by atoms with Crippen molar-refractivity contribution in [2.24, 2.45) is 5.41 Å². The molecule has 1 aromatic carbocycles. The maximum atomic E-state index is 13.6. The number of rotatable bonds is 2. The van der Waals surface area contributed by atoms with E-state index in [1.54, 1.807) is 0 Å². The molecule has 104 valence electrons. The summed E-state index contributed by atoms with van der Waals surface area (Å²) in [4.78, 5) is 12.1. The van der Waals surface area contributed by atoms with E-state index >= 15 is 0 Å². The molecule has 0 saturated heterocycles. The van der Waals surface area contributed by atoms with Crippen LogP contribution < -0.4 is 5.32 Å². The van der Waals surface area contributed by atoms with Gasteiger partial charge in [0.2, 0.25) is 0 Å². The summed E-state index contributed by atoms with van der Waals surface area (Å²) in [6.45, 7) is 4.26. The summed E-state index contributed by atoms with van der Waals surface area (Å²) in [5.41, 5.74) is 0.0283. The molecule has 0 spiro atoms. The van der Waals surface area contributed by atoms with Crippen LogP contribution in [0.3, 0.4) is 0 Å². The van der Waals surface area contributed by atoms with Gasteiger partial charge in [-0.2, -0.15) is 0 Å². The number of amides is 1. The zero-order valence-corrected chi connectivity index (χ0v) is 11.4. The maximum Gasteiger partial charge on any atom is 0.254 e. The third kappa shape index (κ3) is 3.06. The monoisotopic (exact) mass is 265 g/mol. The van der Waals surface area contributed by atoms with Gasteiger partial charge in [-0.3, -0.25) is 4.79 Å². The zero-order valence-electron chi connectivity index (χ0n) is 11.4. The van der Waals surface area contributed by atoms with Crippen molar-refractivity contribution >= 4 is 5.91 Å². The van der Waals surface area contributed by atoms with Crippen molar-refractivity contribution in [3.05, 3.63) is 29.6 Å². The number of phenolic OH excluding ortho intramolecular Hbond substituents is 1. The molecule has 0 heterocycles. The second-order valence-corrected chi connectivity index (χ2v) is 5.92. The molecule has 1 fully saturated rings. The Morgan fingerprint density at radius 3 is 2.79 bits per heavy atom. The topological polar surface area (TPSA) is 49.3 Å². The first kappa shape index (κ1) is 13.8. The van der Waals surface area contributed by atoms with E-state index < -0.39 is 11.7 Å². The largest absolute Gasteiger partial charge is 0.508 e. The van der Waals surface area contributed by atoms with Gasteiger partial charge >= 0.3 is 0 Å². The van der Waals surface area contributed by atoms with E-state index in [0.717, 1.165) is 25.3 Å². The van der Waals surface area contributed by atoms with Crippen LogP contribution in [0.2, 0.25) is 0 Å². The SMILES string of the molecule is CC1(C)CCCCC1NC(=O)c1ccc(O)cc1F. The molecule has 1 aliphatic carbocycles. The minimum absolute atomic E-state index is 0.0147. The summed E-state index contributed by atoms with van der Waals surface area (Å²) in [5, 5.41) is 12.1. The third-order valence-corrected chi connectivity index (χ3v) is 4.01. The number of phenols is 1. The number of halogens is 1. The fourth-order valence-corrected chi connectivity index (χ4v) is 2.69. The van der Waals surface area contributed by atoms with Crippen LogP contribution >= 0.6 is 0 Å². The Labute approximate surface area is 112 Å². The second-order valence-electron chi connectivity index (χ2n) is 5.92. The van der Waals surface area contributed by atoms with Crippen LogP contribution in [0.25, 0.3) is 0 Å². The zero-order chi connectivity index (χ0) is 14.0. The standard InChI is InChI=1S/C15H20FNO2/c1-15(2)8-4-3-5-13(15)17-14(19)11-7-6-10(18)9-12(11)16/h6-7,9,13,18H,3-5,8H2,1-2H3,(H,17,19). The molecular weight excluding hydrogens is 245 g/mol. The van der Waals surface area contributed by atoms with Crippen LogP contribution in [-0.4, -0.2) is 17.1 Å². The van der Waals surface area contributed by atoms with Gasteiger partial charge in [-0.1, -0.05) is 26.7 Å². The van der Waals surface area contributed by atoms with Gasteiger partial charge in [0.25, 0.3) is 5.91 Å². The van der Waals surface area contributed by atoms with Gasteiger partial charge in [0.15, 0.2) is 0 Å². The number of benzene rings is 1. The van der Waals surface area contributed by atoms with Crippen molar-refractivity contribution in [1.82, 2.24) is 5.32 Å². The smallest absolute Gasteiger partial charge is 0.254 e. The van der Waals surface area contributed by atoms with Gasteiger partial charge in [0, 0.05) is 12.1 Å². The van der Waals surface area contributed by atoms with E-state index in [2.05, 4.69) is 19.2 Å². The van der Waals surface area contributed by atoms with Crippen LogP contribution in [0, 0.1) is 11.2 Å². The van der Waals surface area contributed by atoms with Gasteiger partial charge in [-0.25, -0.2) is 4.39 Å². The average molecular weight is 265 g/mol. The predicted molar refractivity (Wildman–Crippen MR) is 71.6 cm³/mol. The van der Waals surface area contributed by atoms with E-state index in [1.807, 2.05) is 0 Å². The number of aromatic hydroxyl groups is 1. The fraction of sp³-hybridized carbons (Fsp3) is 0.533. The quantitative estimate of drug-likeness (QED) is 0.862. The molecule has 4 heteroatoms. The highest BCUT2D eigenvalue weighted by atomic mass is 19.1. The van der Waals surface area contributed by atoms with Gasteiger partial charge in [-0.15, -0.1) is 0 Å². The van der Waals surface area contributed by atoms with Crippen LogP contribution in [0.15, 0.2) is 18.2 Å². The molecule has 1 aromatic rings. The van der Waals surface area contributed by atoms with Crippen LogP contribution in [0.5, 0.6) is 5.75 Å². The molecule has 1 atom stereocenters. The number of hydrogen-bond acceptors (Lipinski definition) is 2. The summed E-state index contributed by atoms with van der Waals surface area (Å²) < 4.78 is 13.6. The molecule has 3 nitrogen and oxygen atoms in total. The first-order valence-corrected chi connectivity index (χ1v) is 6.69. The Hall–Kier alpha value is -1.58. The molecule has 1 amide bonds. The number of carbonyl (C=O) groups excluding carboxylic acids is 1. The fourth-order valence-electron chi connectivity index (χ4n) is 2.69. The lowest BCUT2D eigenvalue weighted by molar-refractivity contribution is 0.0849. The summed E-state index contributed by atoms with van der Waals surface area (Å²) in [6, 6.07) is 3.67. The normalized spacial score (nSPS) is 21.9. The molecule has 2 rings (SSSR count). The molecule has 0 bridgehead atoms. The Kier molecular flexibility index (Phi) is 3.78. The van der Waals surface area contributed by atoms with E-state index in [-0.39, 0.29) is 22.8 Å². The number of hydrogen-bond donors (Lipinski definition) is 2. The molecule has 19 heavy (non-hydrogen) atoms. The second kappa shape index (κ2) is 5.19. The van der Waals surface area contributed by atoms with E-state index in [9.17, 15) is 9.18 Å². The molecule has 0 aromatic heterocycles. The van der Waals surface area contributed by atoms with E-state index in [0.29, 0.717) is 0 Å². The van der Waals surface area contributed by atoms with Crippen molar-refractivity contribution < 1.29 is 14.3 Å². The highest BCUT2D eigenvalue weighted by Gasteiger charge is 2.33. The van der Waals surface area contributed by atoms with E-state index in [4.69, 9.17) is 5.11 Å². The summed E-state index contributed by atoms with van der Waals surface area (Å²) >= 11 is 0. The molecule has 0 radical (unpaired) electrons.